The van der Waals surface area contributed by atoms with Gasteiger partial charge in [0.15, 0.2) is 11.5 Å². The van der Waals surface area contributed by atoms with Gasteiger partial charge in [0.1, 0.15) is 23.4 Å². The van der Waals surface area contributed by atoms with Crippen LogP contribution in [-0.2, 0) is 20.7 Å². The predicted octanol–water partition coefficient (Wildman–Crippen LogP) is 2.21. The third kappa shape index (κ3) is 10.3. The van der Waals surface area contributed by atoms with Crippen molar-refractivity contribution in [2.75, 3.05) is 13.2 Å². The SMILES string of the molecule is CCOc1cc(/C=N\NC(=O)[C@H](Cc2ccc(O)cc2)NC(=O)[C@H](CO)NC(=O)OC(C)(C)C)cc(Cl)c1O. The zero-order valence-corrected chi connectivity index (χ0v) is 22.8. The summed E-state index contributed by atoms with van der Waals surface area (Å²) in [6.07, 6.45) is 0.350. The number of phenols is 2. The highest BCUT2D eigenvalue weighted by Crippen LogP contribution is 2.34. The van der Waals surface area contributed by atoms with E-state index in [-0.39, 0.29) is 35.3 Å². The molecule has 0 radical (unpaired) electrons. The average molecular weight is 565 g/mol. The molecule has 3 amide bonds. The minimum Gasteiger partial charge on any atom is -0.508 e. The van der Waals surface area contributed by atoms with E-state index < -0.39 is 42.2 Å². The van der Waals surface area contributed by atoms with Gasteiger partial charge in [-0.25, -0.2) is 10.2 Å². The number of aromatic hydroxyl groups is 2. The molecule has 0 aliphatic rings. The maximum atomic E-state index is 13.0. The van der Waals surface area contributed by atoms with E-state index in [0.717, 1.165) is 0 Å². The average Bonchev–Trinajstić information content (AvgIpc) is 2.85. The van der Waals surface area contributed by atoms with Crippen LogP contribution in [0.4, 0.5) is 4.79 Å². The Morgan fingerprint density at radius 3 is 2.31 bits per heavy atom. The summed E-state index contributed by atoms with van der Waals surface area (Å²) in [5, 5.41) is 37.9. The number of rotatable bonds is 11. The van der Waals surface area contributed by atoms with Crippen LogP contribution in [0.5, 0.6) is 17.2 Å². The summed E-state index contributed by atoms with van der Waals surface area (Å²) >= 11 is 6.02. The lowest BCUT2D eigenvalue weighted by atomic mass is 10.0. The fourth-order valence-electron chi connectivity index (χ4n) is 3.18. The highest BCUT2D eigenvalue weighted by Gasteiger charge is 2.28. The second kappa shape index (κ2) is 14.2. The van der Waals surface area contributed by atoms with E-state index in [1.54, 1.807) is 39.8 Å². The first-order chi connectivity index (χ1) is 18.3. The van der Waals surface area contributed by atoms with Crippen LogP contribution >= 0.6 is 11.6 Å². The molecule has 0 spiro atoms. The van der Waals surface area contributed by atoms with Crippen molar-refractivity contribution in [2.45, 2.75) is 51.8 Å². The van der Waals surface area contributed by atoms with E-state index in [0.29, 0.717) is 11.1 Å². The maximum absolute atomic E-state index is 13.0. The monoisotopic (exact) mass is 564 g/mol. The van der Waals surface area contributed by atoms with Gasteiger partial charge in [0.2, 0.25) is 5.91 Å². The molecular weight excluding hydrogens is 532 g/mol. The number of amides is 3. The normalized spacial score (nSPS) is 12.9. The fraction of sp³-hybridized carbons (Fsp3) is 0.385. The van der Waals surface area contributed by atoms with Gasteiger partial charge in [-0.3, -0.25) is 9.59 Å². The molecule has 0 saturated carbocycles. The first-order valence-electron chi connectivity index (χ1n) is 12.0. The van der Waals surface area contributed by atoms with Crippen LogP contribution < -0.4 is 20.8 Å². The summed E-state index contributed by atoms with van der Waals surface area (Å²) in [6, 6.07) is 6.31. The van der Waals surface area contributed by atoms with Crippen molar-refractivity contribution >= 4 is 35.7 Å². The number of hydrazone groups is 1. The molecule has 39 heavy (non-hydrogen) atoms. The van der Waals surface area contributed by atoms with E-state index in [9.17, 15) is 29.7 Å². The van der Waals surface area contributed by atoms with Crippen LogP contribution in [0, 0.1) is 0 Å². The molecule has 2 aromatic carbocycles. The number of aliphatic hydroxyl groups excluding tert-OH is 1. The number of carbonyl (C=O) groups is 3. The number of phenolic OH excluding ortho intramolecular Hbond substituents is 2. The molecule has 13 heteroatoms. The van der Waals surface area contributed by atoms with Gasteiger partial charge in [-0.15, -0.1) is 0 Å². The molecule has 2 atom stereocenters. The molecule has 12 nitrogen and oxygen atoms in total. The van der Waals surface area contributed by atoms with Crippen molar-refractivity contribution in [3.63, 3.8) is 0 Å². The van der Waals surface area contributed by atoms with Gasteiger partial charge in [-0.2, -0.15) is 5.10 Å². The lowest BCUT2D eigenvalue weighted by Gasteiger charge is -2.24. The van der Waals surface area contributed by atoms with Crippen molar-refractivity contribution in [1.82, 2.24) is 16.1 Å². The van der Waals surface area contributed by atoms with Crippen molar-refractivity contribution in [3.8, 4) is 17.2 Å². The van der Waals surface area contributed by atoms with E-state index >= 15 is 0 Å². The molecule has 2 aromatic rings. The van der Waals surface area contributed by atoms with Gasteiger partial charge >= 0.3 is 6.09 Å². The van der Waals surface area contributed by atoms with Crippen molar-refractivity contribution < 1.29 is 39.2 Å². The number of halogens is 1. The van der Waals surface area contributed by atoms with Gasteiger partial charge in [-0.05, 0) is 63.1 Å². The molecule has 0 aliphatic carbocycles. The molecule has 2 rings (SSSR count). The van der Waals surface area contributed by atoms with E-state index in [1.165, 1.54) is 30.5 Å². The van der Waals surface area contributed by atoms with Crippen LogP contribution in [-0.4, -0.2) is 70.3 Å². The number of benzene rings is 2. The summed E-state index contributed by atoms with van der Waals surface area (Å²) in [6.45, 7) is 6.20. The second-order valence-electron chi connectivity index (χ2n) is 9.33. The molecule has 0 bridgehead atoms. The molecule has 212 valence electrons. The Labute approximate surface area is 231 Å². The van der Waals surface area contributed by atoms with E-state index in [4.69, 9.17) is 21.1 Å². The third-order valence-electron chi connectivity index (χ3n) is 4.94. The van der Waals surface area contributed by atoms with Crippen molar-refractivity contribution in [3.05, 3.63) is 52.5 Å². The number of carbonyl (C=O) groups excluding carboxylic acids is 3. The Hall–Kier alpha value is -4.03. The number of alkyl carbamates (subject to hydrolysis) is 1. The number of hydrogen-bond donors (Lipinski definition) is 6. The predicted molar refractivity (Wildman–Crippen MR) is 144 cm³/mol. The highest BCUT2D eigenvalue weighted by atomic mass is 35.5. The van der Waals surface area contributed by atoms with E-state index in [1.807, 2.05) is 0 Å². The Bertz CT molecular complexity index is 1180. The Morgan fingerprint density at radius 1 is 1.05 bits per heavy atom. The summed E-state index contributed by atoms with van der Waals surface area (Å²) in [5.41, 5.74) is 2.52. The van der Waals surface area contributed by atoms with Crippen molar-refractivity contribution in [2.24, 2.45) is 5.10 Å². The first-order valence-corrected chi connectivity index (χ1v) is 12.4. The maximum Gasteiger partial charge on any atom is 0.408 e. The Kier molecular flexibility index (Phi) is 11.4. The zero-order chi connectivity index (χ0) is 29.2. The van der Waals surface area contributed by atoms with Crippen LogP contribution in [0.2, 0.25) is 5.02 Å². The Morgan fingerprint density at radius 2 is 1.72 bits per heavy atom. The zero-order valence-electron chi connectivity index (χ0n) is 22.0. The summed E-state index contributed by atoms with van der Waals surface area (Å²) < 4.78 is 10.4. The van der Waals surface area contributed by atoms with Crippen molar-refractivity contribution in [1.29, 1.82) is 0 Å². The molecule has 0 saturated heterocycles. The van der Waals surface area contributed by atoms with Gasteiger partial charge in [0.05, 0.1) is 24.5 Å². The number of nitrogens with zero attached hydrogens (tertiary/aromatic N) is 1. The van der Waals surface area contributed by atoms with Gasteiger partial charge < -0.3 is 35.4 Å². The van der Waals surface area contributed by atoms with Gasteiger partial charge in [-0.1, -0.05) is 23.7 Å². The number of aliphatic hydroxyl groups is 1. The largest absolute Gasteiger partial charge is 0.508 e. The van der Waals surface area contributed by atoms with E-state index in [2.05, 4.69) is 21.2 Å². The third-order valence-corrected chi connectivity index (χ3v) is 5.23. The Balaban J connectivity index is 2.18. The molecule has 0 aromatic heterocycles. The molecule has 0 heterocycles. The molecule has 6 N–H and O–H groups in total. The summed E-state index contributed by atoms with van der Waals surface area (Å²) in [4.78, 5) is 37.9. The molecule has 0 unspecified atom stereocenters. The second-order valence-corrected chi connectivity index (χ2v) is 9.74. The lowest BCUT2D eigenvalue weighted by molar-refractivity contribution is -0.130. The number of ether oxygens (including phenoxy) is 2. The molecular formula is C26H33ClN4O8. The van der Waals surface area contributed by atoms with Crippen LogP contribution in [0.25, 0.3) is 0 Å². The van der Waals surface area contributed by atoms with Crippen LogP contribution in [0.1, 0.15) is 38.8 Å². The molecule has 0 fully saturated rings. The molecule has 0 aliphatic heterocycles. The van der Waals surface area contributed by atoms with Gasteiger partial charge in [0.25, 0.3) is 5.91 Å². The number of hydrogen-bond acceptors (Lipinski definition) is 9. The summed E-state index contributed by atoms with van der Waals surface area (Å²) in [7, 11) is 0. The number of nitrogens with one attached hydrogen (secondary N) is 3. The lowest BCUT2D eigenvalue weighted by Crippen LogP contribution is -2.55. The minimum atomic E-state index is -1.39. The summed E-state index contributed by atoms with van der Waals surface area (Å²) in [5.74, 6) is -1.61. The quantitative estimate of drug-likeness (QED) is 0.177. The fourth-order valence-corrected chi connectivity index (χ4v) is 3.39. The standard InChI is InChI=1S/C26H33ClN4O8/c1-5-38-21-12-16(10-18(27)22(21)34)13-28-31-24(36)19(11-15-6-8-17(33)9-7-15)29-23(35)20(14-32)30-25(37)39-26(2,3)4/h6-10,12-13,19-20,32-34H,5,11,14H2,1-4H3,(H,29,35)(H,30,37)(H,31,36)/b28-13-/t19-,20-/m0/s1. The van der Waals surface area contributed by atoms with Crippen LogP contribution in [0.15, 0.2) is 41.5 Å². The highest BCUT2D eigenvalue weighted by molar-refractivity contribution is 6.32. The smallest absolute Gasteiger partial charge is 0.408 e. The first kappa shape index (κ1) is 31.2. The minimum absolute atomic E-state index is 0.00249. The van der Waals surface area contributed by atoms with Crippen LogP contribution in [0.3, 0.4) is 0 Å². The van der Waals surface area contributed by atoms with Gasteiger partial charge in [0, 0.05) is 6.42 Å². The topological polar surface area (TPSA) is 179 Å².